The molecule has 4 aliphatic carbocycles. The summed E-state index contributed by atoms with van der Waals surface area (Å²) < 4.78 is 33.1. The van der Waals surface area contributed by atoms with E-state index in [1.54, 1.807) is 0 Å². The zero-order valence-electron chi connectivity index (χ0n) is 22.7. The highest BCUT2D eigenvalue weighted by atomic mass is 19.1. The Balaban J connectivity index is 1.27. The Morgan fingerprint density at radius 2 is 1.65 bits per heavy atom. The summed E-state index contributed by atoms with van der Waals surface area (Å²) in [6.07, 6.45) is -5.68. The van der Waals surface area contributed by atoms with E-state index in [4.69, 9.17) is 14.2 Å². The first-order valence-electron chi connectivity index (χ1n) is 14.2. The molecule has 0 aromatic rings. The van der Waals surface area contributed by atoms with E-state index in [2.05, 4.69) is 0 Å². The molecule has 1 saturated heterocycles. The molecule has 5 aliphatic rings. The second kappa shape index (κ2) is 10.7. The number of ether oxygens (including phenoxy) is 3. The average Bonchev–Trinajstić information content (AvgIpc) is 3.23. The highest BCUT2D eigenvalue weighted by Crippen LogP contribution is 2.65. The van der Waals surface area contributed by atoms with Crippen LogP contribution in [-0.4, -0.2) is 93.0 Å². The van der Waals surface area contributed by atoms with E-state index in [1.807, 2.05) is 6.92 Å². The van der Waals surface area contributed by atoms with Crippen LogP contribution in [0.15, 0.2) is 0 Å². The van der Waals surface area contributed by atoms with Crippen LogP contribution < -0.4 is 0 Å². The second-order valence-corrected chi connectivity index (χ2v) is 12.7. The Morgan fingerprint density at radius 3 is 2.33 bits per heavy atom. The van der Waals surface area contributed by atoms with Crippen LogP contribution in [0.5, 0.6) is 0 Å². The lowest BCUT2D eigenvalue weighted by Gasteiger charge is -2.58. The summed E-state index contributed by atoms with van der Waals surface area (Å²) >= 11 is 0. The van der Waals surface area contributed by atoms with E-state index in [0.29, 0.717) is 44.9 Å². The molecule has 12 heteroatoms. The molecule has 5 rings (SSSR count). The van der Waals surface area contributed by atoms with Crippen molar-refractivity contribution >= 4 is 23.5 Å². The molecule has 0 aromatic carbocycles. The van der Waals surface area contributed by atoms with Gasteiger partial charge in [-0.05, 0) is 62.2 Å². The Kier molecular flexibility index (Phi) is 7.88. The van der Waals surface area contributed by atoms with Gasteiger partial charge in [-0.2, -0.15) is 0 Å². The summed E-state index contributed by atoms with van der Waals surface area (Å²) in [4.78, 5) is 49.2. The number of carboxylic acid groups (broad SMARTS) is 1. The van der Waals surface area contributed by atoms with E-state index >= 15 is 4.39 Å². The van der Waals surface area contributed by atoms with Gasteiger partial charge < -0.3 is 34.6 Å². The molecule has 224 valence electrons. The van der Waals surface area contributed by atoms with Gasteiger partial charge in [0.1, 0.15) is 24.9 Å². The standard InChI is InChI=1S/C28H39FO11/c1-12(30)38-11-19(31)18-8-7-16-17-5-3-13-9-14(4-6-15(13)28(17,29)20(32)10-27(16,18)2)39-26-23(35)21(33)22(34)24(40-26)25(36)37/h13-18,21-24,26,33-35H,3-11H2,1-2H3,(H,36,37)/t13-,14+,15+,16+,17+,18-,21-,22+,23-,24+,26?,27+,28+/m1/s1. The van der Waals surface area contributed by atoms with Crippen molar-refractivity contribution in [3.63, 3.8) is 0 Å². The van der Waals surface area contributed by atoms with Crippen LogP contribution in [0.1, 0.15) is 65.2 Å². The van der Waals surface area contributed by atoms with Gasteiger partial charge in [-0.15, -0.1) is 0 Å². The van der Waals surface area contributed by atoms with E-state index in [1.165, 1.54) is 6.92 Å². The van der Waals surface area contributed by atoms with Crippen LogP contribution in [0, 0.1) is 35.0 Å². The molecular formula is C28H39FO11. The SMILES string of the molecule is CC(=O)OCC(=O)[C@H]1CC[C@H]2[C@@H]3CC[C@@H]4C[C@@H](OC5O[C@H](C(=O)O)[C@@H](O)[C@@H](O)[C@H]5O)CC[C@@H]4[C@@]3(F)C(=O)C[C@]12C. The Hall–Kier alpha value is -1.99. The molecule has 1 heterocycles. The van der Waals surface area contributed by atoms with Gasteiger partial charge in [-0.1, -0.05) is 6.92 Å². The maximum absolute atomic E-state index is 17.1. The number of aliphatic hydroxyl groups excluding tert-OH is 3. The predicted molar refractivity (Wildman–Crippen MR) is 132 cm³/mol. The third-order valence-electron chi connectivity index (χ3n) is 10.7. The van der Waals surface area contributed by atoms with Gasteiger partial charge in [0, 0.05) is 31.1 Å². The third kappa shape index (κ3) is 4.69. The van der Waals surface area contributed by atoms with E-state index in [9.17, 15) is 39.6 Å². The number of aliphatic carboxylic acids is 1. The molecule has 4 saturated carbocycles. The first-order valence-corrected chi connectivity index (χ1v) is 14.2. The van der Waals surface area contributed by atoms with Crippen LogP contribution >= 0.6 is 0 Å². The fourth-order valence-electron chi connectivity index (χ4n) is 8.82. The normalized spacial score (nSPS) is 48.5. The molecule has 4 N–H and O–H groups in total. The number of carboxylic acids is 1. The Morgan fingerprint density at radius 1 is 0.975 bits per heavy atom. The summed E-state index contributed by atoms with van der Waals surface area (Å²) in [5.74, 6) is -4.53. The van der Waals surface area contributed by atoms with Gasteiger partial charge in [0.05, 0.1) is 6.10 Å². The van der Waals surface area contributed by atoms with Crippen molar-refractivity contribution in [2.24, 2.45) is 35.0 Å². The minimum atomic E-state index is -2.01. The van der Waals surface area contributed by atoms with E-state index < -0.39 is 83.4 Å². The van der Waals surface area contributed by atoms with Crippen molar-refractivity contribution in [3.05, 3.63) is 0 Å². The lowest BCUT2D eigenvalue weighted by Crippen LogP contribution is -2.64. The zero-order valence-corrected chi connectivity index (χ0v) is 22.7. The number of halogens is 1. The number of alkyl halides is 1. The van der Waals surface area contributed by atoms with Gasteiger partial charge in [0.15, 0.2) is 29.6 Å². The lowest BCUT2D eigenvalue weighted by atomic mass is 9.47. The van der Waals surface area contributed by atoms with Crippen molar-refractivity contribution in [2.75, 3.05) is 6.61 Å². The van der Waals surface area contributed by atoms with Gasteiger partial charge in [0.2, 0.25) is 0 Å². The topological polar surface area (TPSA) is 177 Å². The maximum Gasteiger partial charge on any atom is 0.335 e. The van der Waals surface area contributed by atoms with Crippen LogP contribution in [0.2, 0.25) is 0 Å². The Labute approximate surface area is 231 Å². The fourth-order valence-corrected chi connectivity index (χ4v) is 8.82. The monoisotopic (exact) mass is 570 g/mol. The lowest BCUT2D eigenvalue weighted by molar-refractivity contribution is -0.308. The number of fused-ring (bicyclic) bond motifs is 5. The molecule has 13 atom stereocenters. The van der Waals surface area contributed by atoms with Crippen molar-refractivity contribution in [1.29, 1.82) is 0 Å². The molecule has 0 aromatic heterocycles. The summed E-state index contributed by atoms with van der Waals surface area (Å²) in [5.41, 5.74) is -2.69. The smallest absolute Gasteiger partial charge is 0.335 e. The number of carbonyl (C=O) groups excluding carboxylic acids is 3. The van der Waals surface area contributed by atoms with E-state index in [-0.39, 0.29) is 30.6 Å². The number of aliphatic hydroxyl groups is 3. The van der Waals surface area contributed by atoms with Gasteiger partial charge in [0.25, 0.3) is 0 Å². The fraction of sp³-hybridized carbons (Fsp3) is 0.857. The molecule has 11 nitrogen and oxygen atoms in total. The predicted octanol–water partition coefficient (Wildman–Crippen LogP) is 0.936. The maximum atomic E-state index is 17.1. The molecule has 40 heavy (non-hydrogen) atoms. The van der Waals surface area contributed by atoms with Gasteiger partial charge in [-0.3, -0.25) is 14.4 Å². The highest BCUT2D eigenvalue weighted by Gasteiger charge is 2.68. The minimum Gasteiger partial charge on any atom is -0.479 e. The summed E-state index contributed by atoms with van der Waals surface area (Å²) in [6, 6.07) is 0. The first-order chi connectivity index (χ1) is 18.8. The second-order valence-electron chi connectivity index (χ2n) is 12.7. The Bertz CT molecular complexity index is 1050. The van der Waals surface area contributed by atoms with Crippen molar-refractivity contribution in [3.8, 4) is 0 Å². The molecule has 0 spiro atoms. The number of ketones is 2. The van der Waals surface area contributed by atoms with Gasteiger partial charge in [-0.25, -0.2) is 9.18 Å². The minimum absolute atomic E-state index is 0.0385. The molecule has 0 radical (unpaired) electrons. The van der Waals surface area contributed by atoms with Crippen LogP contribution in [0.25, 0.3) is 0 Å². The quantitative estimate of drug-likeness (QED) is 0.264. The zero-order chi connectivity index (χ0) is 29.1. The van der Waals surface area contributed by atoms with Crippen LogP contribution in [0.4, 0.5) is 4.39 Å². The number of esters is 1. The average molecular weight is 571 g/mol. The van der Waals surface area contributed by atoms with E-state index in [0.717, 1.165) is 0 Å². The van der Waals surface area contributed by atoms with Crippen molar-refractivity contribution < 1.29 is 58.2 Å². The number of rotatable bonds is 6. The van der Waals surface area contributed by atoms with Crippen molar-refractivity contribution in [2.45, 2.75) is 108 Å². The largest absolute Gasteiger partial charge is 0.479 e. The summed E-state index contributed by atoms with van der Waals surface area (Å²) in [6.45, 7) is 2.80. The number of carbonyl (C=O) groups is 4. The highest BCUT2D eigenvalue weighted by molar-refractivity contribution is 5.92. The van der Waals surface area contributed by atoms with Gasteiger partial charge >= 0.3 is 11.9 Å². The third-order valence-corrected chi connectivity index (χ3v) is 10.7. The molecule has 5 fully saturated rings. The number of Topliss-reactive ketones (excluding diaryl/α,β-unsaturated/α-hetero) is 2. The van der Waals surface area contributed by atoms with Crippen LogP contribution in [-0.2, 0) is 33.4 Å². The number of hydrogen-bond acceptors (Lipinski definition) is 10. The molecule has 0 bridgehead atoms. The van der Waals surface area contributed by atoms with Crippen LogP contribution in [0.3, 0.4) is 0 Å². The molecule has 1 unspecified atom stereocenters. The number of hydrogen-bond donors (Lipinski definition) is 4. The summed E-state index contributed by atoms with van der Waals surface area (Å²) in [7, 11) is 0. The first kappa shape index (κ1) is 29.5. The molecule has 1 aliphatic heterocycles. The molecular weight excluding hydrogens is 531 g/mol. The van der Waals surface area contributed by atoms with Crippen molar-refractivity contribution in [1.82, 2.24) is 0 Å². The molecule has 0 amide bonds. The summed E-state index contributed by atoms with van der Waals surface area (Å²) in [5, 5.41) is 39.6.